The highest BCUT2D eigenvalue weighted by Crippen LogP contribution is 2.19. The SMILES string of the molecule is CC(N)C1CCCN(C(=O)CN(C)C(=O)C(C)n2cccn2)C1.Cl.Cl. The summed E-state index contributed by atoms with van der Waals surface area (Å²) in [4.78, 5) is 28.2. The lowest BCUT2D eigenvalue weighted by Crippen LogP contribution is -2.49. The molecule has 1 aromatic rings. The number of nitrogens with two attached hydrogens (primary N) is 1. The van der Waals surface area contributed by atoms with Crippen molar-refractivity contribution in [2.24, 2.45) is 11.7 Å². The van der Waals surface area contributed by atoms with E-state index in [2.05, 4.69) is 5.10 Å². The van der Waals surface area contributed by atoms with Crippen LogP contribution < -0.4 is 5.73 Å². The molecule has 2 N–H and O–H groups in total. The molecule has 2 rings (SSSR count). The third-order valence-electron chi connectivity index (χ3n) is 4.58. The van der Waals surface area contributed by atoms with Crippen LogP contribution >= 0.6 is 24.8 Å². The van der Waals surface area contributed by atoms with Crippen LogP contribution in [0.25, 0.3) is 0 Å². The zero-order valence-corrected chi connectivity index (χ0v) is 16.6. The van der Waals surface area contributed by atoms with Gasteiger partial charge in [-0.15, -0.1) is 24.8 Å². The number of aromatic nitrogens is 2. The molecule has 2 heterocycles. The van der Waals surface area contributed by atoms with Gasteiger partial charge in [0.05, 0.1) is 6.54 Å². The summed E-state index contributed by atoms with van der Waals surface area (Å²) in [5.41, 5.74) is 5.96. The third-order valence-corrected chi connectivity index (χ3v) is 4.58. The van der Waals surface area contributed by atoms with Crippen LogP contribution in [0.1, 0.15) is 32.7 Å². The summed E-state index contributed by atoms with van der Waals surface area (Å²) in [6.45, 7) is 5.30. The molecule has 144 valence electrons. The number of hydrogen-bond acceptors (Lipinski definition) is 4. The fraction of sp³-hybridized carbons (Fsp3) is 0.688. The van der Waals surface area contributed by atoms with Crippen molar-refractivity contribution in [3.05, 3.63) is 18.5 Å². The number of piperidine rings is 1. The Balaban J connectivity index is 0.00000288. The molecule has 0 saturated carbocycles. The molecule has 3 unspecified atom stereocenters. The van der Waals surface area contributed by atoms with Gasteiger partial charge in [-0.05, 0) is 38.7 Å². The Morgan fingerprint density at radius 1 is 1.36 bits per heavy atom. The predicted molar refractivity (Wildman–Crippen MR) is 102 cm³/mol. The van der Waals surface area contributed by atoms with Crippen molar-refractivity contribution in [3.8, 4) is 0 Å². The van der Waals surface area contributed by atoms with E-state index in [-0.39, 0.29) is 49.2 Å². The van der Waals surface area contributed by atoms with E-state index < -0.39 is 6.04 Å². The summed E-state index contributed by atoms with van der Waals surface area (Å²) in [7, 11) is 1.66. The van der Waals surface area contributed by atoms with Crippen molar-refractivity contribution in [3.63, 3.8) is 0 Å². The smallest absolute Gasteiger partial charge is 0.247 e. The van der Waals surface area contributed by atoms with E-state index in [1.165, 1.54) is 4.90 Å². The Morgan fingerprint density at radius 3 is 2.60 bits per heavy atom. The van der Waals surface area contributed by atoms with Crippen molar-refractivity contribution in [1.82, 2.24) is 19.6 Å². The summed E-state index contributed by atoms with van der Waals surface area (Å²) < 4.78 is 1.59. The number of likely N-dealkylation sites (N-methyl/N-ethyl adjacent to an activating group) is 1. The summed E-state index contributed by atoms with van der Waals surface area (Å²) >= 11 is 0. The van der Waals surface area contributed by atoms with Crippen molar-refractivity contribution in [2.75, 3.05) is 26.7 Å². The second kappa shape index (κ2) is 10.6. The van der Waals surface area contributed by atoms with Crippen LogP contribution in [0.2, 0.25) is 0 Å². The summed E-state index contributed by atoms with van der Waals surface area (Å²) in [6.07, 6.45) is 5.42. The van der Waals surface area contributed by atoms with Crippen LogP contribution in [0.15, 0.2) is 18.5 Å². The zero-order valence-electron chi connectivity index (χ0n) is 15.0. The maximum Gasteiger partial charge on any atom is 0.247 e. The molecule has 1 fully saturated rings. The topological polar surface area (TPSA) is 84.5 Å². The van der Waals surface area contributed by atoms with E-state index in [9.17, 15) is 9.59 Å². The van der Waals surface area contributed by atoms with Crippen LogP contribution in [0, 0.1) is 5.92 Å². The number of nitrogens with zero attached hydrogens (tertiary/aromatic N) is 4. The van der Waals surface area contributed by atoms with Gasteiger partial charge in [-0.25, -0.2) is 0 Å². The minimum Gasteiger partial charge on any atom is -0.341 e. The Labute approximate surface area is 161 Å². The monoisotopic (exact) mass is 393 g/mol. The van der Waals surface area contributed by atoms with Gasteiger partial charge in [-0.2, -0.15) is 5.10 Å². The average molecular weight is 394 g/mol. The Morgan fingerprint density at radius 2 is 2.04 bits per heavy atom. The standard InChI is InChI=1S/C16H27N5O2.2ClH/c1-12(17)14-6-4-8-20(10-14)15(22)11-19(3)16(23)13(2)21-9-5-7-18-21;;/h5,7,9,12-14H,4,6,8,10-11,17H2,1-3H3;2*1H. The first-order valence-electron chi connectivity index (χ1n) is 8.17. The lowest BCUT2D eigenvalue weighted by atomic mass is 9.92. The predicted octanol–water partition coefficient (Wildman–Crippen LogP) is 1.33. The van der Waals surface area contributed by atoms with Gasteiger partial charge in [-0.1, -0.05) is 0 Å². The maximum atomic E-state index is 12.5. The summed E-state index contributed by atoms with van der Waals surface area (Å²) in [6, 6.07) is 1.45. The molecule has 1 saturated heterocycles. The number of likely N-dealkylation sites (tertiary alicyclic amines) is 1. The van der Waals surface area contributed by atoms with E-state index in [0.29, 0.717) is 12.5 Å². The Hall–Kier alpha value is -1.31. The average Bonchev–Trinajstić information content (AvgIpc) is 3.07. The fourth-order valence-electron chi connectivity index (χ4n) is 2.99. The molecule has 1 aliphatic rings. The molecule has 0 bridgehead atoms. The van der Waals surface area contributed by atoms with Gasteiger partial charge in [-0.3, -0.25) is 14.3 Å². The van der Waals surface area contributed by atoms with Gasteiger partial charge >= 0.3 is 0 Å². The van der Waals surface area contributed by atoms with Crippen molar-refractivity contribution in [1.29, 1.82) is 0 Å². The molecule has 0 aliphatic carbocycles. The van der Waals surface area contributed by atoms with Gasteiger partial charge in [0, 0.05) is 38.6 Å². The number of rotatable bonds is 5. The maximum absolute atomic E-state index is 12.5. The van der Waals surface area contributed by atoms with Crippen molar-refractivity contribution >= 4 is 36.6 Å². The zero-order chi connectivity index (χ0) is 17.0. The van der Waals surface area contributed by atoms with E-state index in [4.69, 9.17) is 5.73 Å². The molecule has 25 heavy (non-hydrogen) atoms. The minimum absolute atomic E-state index is 0. The van der Waals surface area contributed by atoms with Crippen LogP contribution in [0.5, 0.6) is 0 Å². The first-order valence-corrected chi connectivity index (χ1v) is 8.17. The van der Waals surface area contributed by atoms with E-state index >= 15 is 0 Å². The molecule has 7 nitrogen and oxygen atoms in total. The van der Waals surface area contributed by atoms with Gasteiger partial charge in [0.1, 0.15) is 6.04 Å². The quantitative estimate of drug-likeness (QED) is 0.817. The van der Waals surface area contributed by atoms with E-state index in [1.54, 1.807) is 37.1 Å². The molecule has 0 radical (unpaired) electrons. The van der Waals surface area contributed by atoms with Gasteiger partial charge in [0.15, 0.2) is 0 Å². The number of carbonyl (C=O) groups excluding carboxylic acids is 2. The lowest BCUT2D eigenvalue weighted by molar-refractivity contribution is -0.142. The second-order valence-electron chi connectivity index (χ2n) is 6.46. The normalized spacial score (nSPS) is 19.2. The van der Waals surface area contributed by atoms with Gasteiger partial charge in [0.25, 0.3) is 0 Å². The molecule has 0 spiro atoms. The van der Waals surface area contributed by atoms with Crippen molar-refractivity contribution in [2.45, 2.75) is 38.8 Å². The lowest BCUT2D eigenvalue weighted by Gasteiger charge is -2.35. The van der Waals surface area contributed by atoms with E-state index in [1.807, 2.05) is 11.8 Å². The first kappa shape index (κ1) is 23.7. The second-order valence-corrected chi connectivity index (χ2v) is 6.46. The molecule has 0 aromatic carbocycles. The van der Waals surface area contributed by atoms with Gasteiger partial charge < -0.3 is 15.5 Å². The minimum atomic E-state index is -0.416. The van der Waals surface area contributed by atoms with Crippen LogP contribution in [-0.4, -0.2) is 64.1 Å². The largest absolute Gasteiger partial charge is 0.341 e. The molecule has 1 aliphatic heterocycles. The number of hydrogen-bond donors (Lipinski definition) is 1. The Kier molecular flexibility index (Phi) is 10.1. The summed E-state index contributed by atoms with van der Waals surface area (Å²) in [5, 5.41) is 4.08. The Bertz CT molecular complexity index is 539. The van der Waals surface area contributed by atoms with Crippen LogP contribution in [0.4, 0.5) is 0 Å². The highest BCUT2D eigenvalue weighted by atomic mass is 35.5. The number of amides is 2. The number of carbonyl (C=O) groups is 2. The first-order chi connectivity index (χ1) is 10.9. The molecule has 3 atom stereocenters. The molecule has 9 heteroatoms. The van der Waals surface area contributed by atoms with Crippen molar-refractivity contribution < 1.29 is 9.59 Å². The number of halogens is 2. The molecule has 2 amide bonds. The summed E-state index contributed by atoms with van der Waals surface area (Å²) in [5.74, 6) is 0.207. The van der Waals surface area contributed by atoms with Crippen LogP contribution in [0.3, 0.4) is 0 Å². The third kappa shape index (κ3) is 6.17. The highest BCUT2D eigenvalue weighted by Gasteiger charge is 2.28. The van der Waals surface area contributed by atoms with E-state index in [0.717, 1.165) is 19.4 Å². The van der Waals surface area contributed by atoms with Crippen LogP contribution in [-0.2, 0) is 9.59 Å². The molecule has 1 aromatic heterocycles. The molecular formula is C16H29Cl2N5O2. The van der Waals surface area contributed by atoms with Gasteiger partial charge in [0.2, 0.25) is 11.8 Å². The molecular weight excluding hydrogens is 365 g/mol. The highest BCUT2D eigenvalue weighted by molar-refractivity contribution is 5.86. The fourth-order valence-corrected chi connectivity index (χ4v) is 2.99.